The van der Waals surface area contributed by atoms with E-state index in [9.17, 15) is 9.90 Å². The molecule has 0 aliphatic heterocycles. The second-order valence-corrected chi connectivity index (χ2v) is 6.66. The molecular weight excluding hydrogens is 332 g/mol. The third-order valence-electron chi connectivity index (χ3n) is 4.46. The lowest BCUT2D eigenvalue weighted by Crippen LogP contribution is -2.08. The Morgan fingerprint density at radius 3 is 2.00 bits per heavy atom. The third-order valence-corrected chi connectivity index (χ3v) is 4.46. The molecule has 5 heteroatoms. The second-order valence-electron chi connectivity index (χ2n) is 6.66. The largest absolute Gasteiger partial charge is 0.511 e. The van der Waals surface area contributed by atoms with Gasteiger partial charge >= 0.3 is 6.16 Å². The van der Waals surface area contributed by atoms with Gasteiger partial charge in [0.15, 0.2) is 11.5 Å². The van der Waals surface area contributed by atoms with E-state index in [4.69, 9.17) is 14.6 Å². The molecule has 0 saturated heterocycles. The van der Waals surface area contributed by atoms with Crippen molar-refractivity contribution in [3.8, 4) is 17.2 Å². The topological polar surface area (TPSA) is 76.0 Å². The number of carboxylic acid groups (broad SMARTS) is 1. The molecule has 1 aromatic carbocycles. The third kappa shape index (κ3) is 7.14. The fourth-order valence-corrected chi connectivity index (χ4v) is 2.99. The van der Waals surface area contributed by atoms with Crippen LogP contribution in [0.5, 0.6) is 17.2 Å². The van der Waals surface area contributed by atoms with Crippen LogP contribution in [-0.4, -0.2) is 23.0 Å². The molecule has 0 unspecified atom stereocenters. The Labute approximate surface area is 157 Å². The molecule has 0 aliphatic rings. The fraction of sp³-hybridized carbons (Fsp3) is 0.667. The van der Waals surface area contributed by atoms with Crippen molar-refractivity contribution in [3.63, 3.8) is 0 Å². The van der Waals surface area contributed by atoms with Crippen molar-refractivity contribution in [2.45, 2.75) is 85.0 Å². The Morgan fingerprint density at radius 2 is 1.46 bits per heavy atom. The molecule has 1 rings (SSSR count). The Morgan fingerprint density at radius 1 is 0.885 bits per heavy atom. The van der Waals surface area contributed by atoms with Crippen LogP contribution in [0.2, 0.25) is 0 Å². The van der Waals surface area contributed by atoms with Gasteiger partial charge in [0.1, 0.15) is 5.75 Å². The van der Waals surface area contributed by atoms with Gasteiger partial charge < -0.3 is 19.7 Å². The maximum absolute atomic E-state index is 11.0. The summed E-state index contributed by atoms with van der Waals surface area (Å²) >= 11 is 0. The van der Waals surface area contributed by atoms with Crippen molar-refractivity contribution in [2.75, 3.05) is 6.61 Å². The Kier molecular flexibility index (Phi) is 10.6. The summed E-state index contributed by atoms with van der Waals surface area (Å²) in [4.78, 5) is 11.0. The van der Waals surface area contributed by atoms with Crippen LogP contribution in [0.4, 0.5) is 4.79 Å². The quantitative estimate of drug-likeness (QED) is 0.251. The van der Waals surface area contributed by atoms with E-state index < -0.39 is 6.16 Å². The predicted molar refractivity (Wildman–Crippen MR) is 104 cm³/mol. The van der Waals surface area contributed by atoms with E-state index in [-0.39, 0.29) is 11.5 Å². The minimum atomic E-state index is -1.43. The van der Waals surface area contributed by atoms with Crippen molar-refractivity contribution in [1.82, 2.24) is 0 Å². The highest BCUT2D eigenvalue weighted by molar-refractivity contribution is 5.66. The van der Waals surface area contributed by atoms with Gasteiger partial charge in [-0.25, -0.2) is 4.79 Å². The molecule has 0 bridgehead atoms. The van der Waals surface area contributed by atoms with Gasteiger partial charge in [-0.1, -0.05) is 52.9 Å². The van der Waals surface area contributed by atoms with Crippen LogP contribution in [0.15, 0.2) is 6.07 Å². The van der Waals surface area contributed by atoms with E-state index in [1.54, 1.807) is 0 Å². The molecule has 0 heterocycles. The van der Waals surface area contributed by atoms with Gasteiger partial charge in [0.2, 0.25) is 0 Å². The lowest BCUT2D eigenvalue weighted by Gasteiger charge is -2.19. The van der Waals surface area contributed by atoms with Crippen molar-refractivity contribution in [3.05, 3.63) is 17.2 Å². The van der Waals surface area contributed by atoms with Gasteiger partial charge in [-0.15, -0.1) is 0 Å². The summed E-state index contributed by atoms with van der Waals surface area (Å²) in [5.41, 5.74) is 1.78. The van der Waals surface area contributed by atoms with Crippen molar-refractivity contribution in [1.29, 1.82) is 0 Å². The van der Waals surface area contributed by atoms with Crippen LogP contribution in [0, 0.1) is 0 Å². The zero-order valence-electron chi connectivity index (χ0n) is 16.5. The normalized spacial score (nSPS) is 10.7. The lowest BCUT2D eigenvalue weighted by molar-refractivity contribution is 0.142. The van der Waals surface area contributed by atoms with Crippen LogP contribution in [0.3, 0.4) is 0 Å². The van der Waals surface area contributed by atoms with Crippen LogP contribution in [0.1, 0.15) is 83.3 Å². The van der Waals surface area contributed by atoms with Crippen molar-refractivity contribution >= 4 is 6.16 Å². The lowest BCUT2D eigenvalue weighted by atomic mass is 9.94. The Bertz CT molecular complexity index is 554. The highest BCUT2D eigenvalue weighted by Crippen LogP contribution is 2.41. The molecule has 148 valence electrons. The number of ether oxygens (including phenoxy) is 2. The fourth-order valence-electron chi connectivity index (χ4n) is 2.99. The molecule has 0 radical (unpaired) electrons. The van der Waals surface area contributed by atoms with Crippen LogP contribution < -0.4 is 9.47 Å². The maximum atomic E-state index is 11.0. The summed E-state index contributed by atoms with van der Waals surface area (Å²) in [6.07, 6.45) is 8.34. The monoisotopic (exact) mass is 366 g/mol. The Hall–Kier alpha value is -1.91. The standard InChI is InChI=1S/C21H34O5/c1-4-7-10-12-16-17(13-11-8-5-2)20(22)19(26-21(23)24)15-18(16)25-14-9-6-3/h15,22H,4-14H2,1-3H3,(H,23,24). The summed E-state index contributed by atoms with van der Waals surface area (Å²) in [5.74, 6) is 0.558. The number of unbranched alkanes of at least 4 members (excludes halogenated alkanes) is 5. The number of rotatable bonds is 13. The number of phenolic OH excluding ortho intramolecular Hbond substituents is 1. The van der Waals surface area contributed by atoms with E-state index in [0.717, 1.165) is 68.9 Å². The number of hydrogen-bond acceptors (Lipinski definition) is 4. The summed E-state index contributed by atoms with van der Waals surface area (Å²) in [7, 11) is 0. The summed E-state index contributed by atoms with van der Waals surface area (Å²) in [6, 6.07) is 1.53. The number of phenols is 1. The molecule has 0 saturated carbocycles. The molecule has 0 amide bonds. The van der Waals surface area contributed by atoms with Crippen LogP contribution in [-0.2, 0) is 12.8 Å². The van der Waals surface area contributed by atoms with Crippen LogP contribution in [0.25, 0.3) is 0 Å². The number of aromatic hydroxyl groups is 1. The van der Waals surface area contributed by atoms with E-state index in [0.29, 0.717) is 18.8 Å². The van der Waals surface area contributed by atoms with Gasteiger partial charge in [-0.2, -0.15) is 0 Å². The Balaban J connectivity index is 3.24. The zero-order chi connectivity index (χ0) is 19.4. The first-order valence-corrected chi connectivity index (χ1v) is 9.96. The highest BCUT2D eigenvalue weighted by atomic mass is 16.7. The highest BCUT2D eigenvalue weighted by Gasteiger charge is 2.21. The molecule has 26 heavy (non-hydrogen) atoms. The number of benzene rings is 1. The molecule has 1 aromatic rings. The number of carbonyl (C=O) groups is 1. The molecule has 5 nitrogen and oxygen atoms in total. The van der Waals surface area contributed by atoms with E-state index in [1.165, 1.54) is 6.07 Å². The van der Waals surface area contributed by atoms with Crippen molar-refractivity contribution in [2.24, 2.45) is 0 Å². The van der Waals surface area contributed by atoms with E-state index >= 15 is 0 Å². The molecule has 0 aliphatic carbocycles. The van der Waals surface area contributed by atoms with E-state index in [2.05, 4.69) is 20.8 Å². The van der Waals surface area contributed by atoms with Crippen molar-refractivity contribution < 1.29 is 24.5 Å². The molecule has 0 spiro atoms. The first kappa shape index (κ1) is 22.1. The summed E-state index contributed by atoms with van der Waals surface area (Å²) in [5, 5.41) is 19.6. The molecule has 2 N–H and O–H groups in total. The predicted octanol–water partition coefficient (Wildman–Crippen LogP) is 6.09. The molecule has 0 atom stereocenters. The zero-order valence-corrected chi connectivity index (χ0v) is 16.5. The minimum Gasteiger partial charge on any atom is -0.504 e. The van der Waals surface area contributed by atoms with Gasteiger partial charge in [0.25, 0.3) is 0 Å². The van der Waals surface area contributed by atoms with Gasteiger partial charge in [-0.05, 0) is 32.1 Å². The van der Waals surface area contributed by atoms with Gasteiger partial charge in [0.05, 0.1) is 6.61 Å². The average molecular weight is 366 g/mol. The molecule has 0 fully saturated rings. The maximum Gasteiger partial charge on any atom is 0.511 e. The first-order chi connectivity index (χ1) is 12.5. The number of hydrogen-bond donors (Lipinski definition) is 2. The van der Waals surface area contributed by atoms with Crippen LogP contribution >= 0.6 is 0 Å². The van der Waals surface area contributed by atoms with Gasteiger partial charge in [0, 0.05) is 17.2 Å². The second kappa shape index (κ2) is 12.4. The average Bonchev–Trinajstić information content (AvgIpc) is 2.60. The summed E-state index contributed by atoms with van der Waals surface area (Å²) < 4.78 is 10.8. The smallest absolute Gasteiger partial charge is 0.504 e. The molecular formula is C21H34O5. The SMILES string of the molecule is CCCCCc1c(OCCCC)cc(OC(=O)O)c(O)c1CCCCC. The van der Waals surface area contributed by atoms with Gasteiger partial charge in [-0.3, -0.25) is 0 Å². The first-order valence-electron chi connectivity index (χ1n) is 9.96. The molecule has 0 aromatic heterocycles. The minimum absolute atomic E-state index is 0.0326. The summed E-state index contributed by atoms with van der Waals surface area (Å²) in [6.45, 7) is 6.95. The van der Waals surface area contributed by atoms with E-state index in [1.807, 2.05) is 0 Å².